The van der Waals surface area contributed by atoms with Crippen molar-refractivity contribution in [2.45, 2.75) is 27.7 Å². The Labute approximate surface area is 197 Å². The molecule has 0 nitrogen and oxygen atoms in total. The van der Waals surface area contributed by atoms with E-state index in [2.05, 4.69) is 96.0 Å². The van der Waals surface area contributed by atoms with E-state index in [4.69, 9.17) is 0 Å². The second-order valence-electron chi connectivity index (χ2n) is 6.08. The van der Waals surface area contributed by atoms with Crippen LogP contribution < -0.4 is 24.8 Å². The molecule has 150 valence electrons. The fourth-order valence-electron chi connectivity index (χ4n) is 3.04. The SMILES string of the molecule is Cc1[cH-]c2ccccc2c1C.Cc1[cH-]c2ccccc2c1C.[CH3-].[CH3-].[Cl-].[Cl-].[Si]=[Ti+2]. The summed E-state index contributed by atoms with van der Waals surface area (Å²) in [7, 11) is 2.97. The maximum absolute atomic E-state index is 2.97. The summed E-state index contributed by atoms with van der Waals surface area (Å²) in [5, 5.41) is 5.51. The number of aryl methyl sites for hydroxylation is 4. The van der Waals surface area contributed by atoms with Crippen molar-refractivity contribution in [1.29, 1.82) is 0 Å². The van der Waals surface area contributed by atoms with Gasteiger partial charge in [-0.1, -0.05) is 39.8 Å². The molecule has 4 aromatic rings. The maximum atomic E-state index is 2.97. The Bertz CT molecular complexity index is 876. The Balaban J connectivity index is -0.000000363. The molecule has 28 heavy (non-hydrogen) atoms. The van der Waals surface area contributed by atoms with E-state index in [0.717, 1.165) is 0 Å². The van der Waals surface area contributed by atoms with E-state index in [1.54, 1.807) is 19.2 Å². The first-order valence-corrected chi connectivity index (χ1v) is 10.9. The first-order valence-electron chi connectivity index (χ1n) is 8.06. The van der Waals surface area contributed by atoms with Crippen LogP contribution >= 0.6 is 0 Å². The zero-order valence-electron chi connectivity index (χ0n) is 17.5. The predicted octanol–water partition coefficient (Wildman–Crippen LogP) is 0.876. The summed E-state index contributed by atoms with van der Waals surface area (Å²) in [6, 6.07) is 21.5. The summed E-state index contributed by atoms with van der Waals surface area (Å²) in [5.41, 5.74) is 5.62. The van der Waals surface area contributed by atoms with E-state index < -0.39 is 0 Å². The van der Waals surface area contributed by atoms with Crippen molar-refractivity contribution in [1.82, 2.24) is 0 Å². The van der Waals surface area contributed by atoms with Gasteiger partial charge in [-0.2, -0.15) is 11.1 Å². The van der Waals surface area contributed by atoms with Gasteiger partial charge >= 0.3 is 26.8 Å². The van der Waals surface area contributed by atoms with Gasteiger partial charge in [-0.15, -0.1) is 81.2 Å². The van der Waals surface area contributed by atoms with Crippen LogP contribution in [0, 0.1) is 42.5 Å². The first kappa shape index (κ1) is 31.9. The Kier molecular flexibility index (Phi) is 17.1. The molecule has 0 bridgehead atoms. The van der Waals surface area contributed by atoms with Gasteiger partial charge in [0.25, 0.3) is 0 Å². The van der Waals surface area contributed by atoms with Crippen LogP contribution in [-0.4, -0.2) is 7.63 Å². The van der Waals surface area contributed by atoms with Crippen LogP contribution in [0.5, 0.6) is 0 Å². The second kappa shape index (κ2) is 15.1. The van der Waals surface area contributed by atoms with Crippen molar-refractivity contribution < 1.29 is 44.0 Å². The quantitative estimate of drug-likeness (QED) is 0.269. The normalized spacial score (nSPS) is 8.64. The van der Waals surface area contributed by atoms with Gasteiger partial charge in [0.15, 0.2) is 0 Å². The molecule has 0 fully saturated rings. The van der Waals surface area contributed by atoms with Crippen LogP contribution in [0.4, 0.5) is 0 Å². The fourth-order valence-corrected chi connectivity index (χ4v) is 3.04. The summed E-state index contributed by atoms with van der Waals surface area (Å²) >= 11 is 1.81. The number of halogens is 2. The van der Waals surface area contributed by atoms with Crippen LogP contribution in [0.15, 0.2) is 60.7 Å². The molecule has 4 aromatic carbocycles. The average molecular weight is 463 g/mol. The monoisotopic (exact) mass is 462 g/mol. The minimum atomic E-state index is 0. The van der Waals surface area contributed by atoms with Gasteiger partial charge in [-0.3, -0.25) is 0 Å². The molecule has 0 heterocycles. The van der Waals surface area contributed by atoms with Crippen molar-refractivity contribution in [2.24, 2.45) is 0 Å². The topological polar surface area (TPSA) is 0 Å². The Morgan fingerprint density at radius 2 is 0.893 bits per heavy atom. The van der Waals surface area contributed by atoms with E-state index >= 15 is 0 Å². The number of rotatable bonds is 0. The van der Waals surface area contributed by atoms with E-state index in [-0.39, 0.29) is 39.7 Å². The van der Waals surface area contributed by atoms with Crippen LogP contribution in [0.25, 0.3) is 21.5 Å². The third-order valence-corrected chi connectivity index (χ3v) is 4.66. The number of fused-ring (bicyclic) bond motifs is 2. The van der Waals surface area contributed by atoms with Gasteiger partial charge in [-0.25, -0.2) is 0 Å². The van der Waals surface area contributed by atoms with E-state index in [1.165, 1.54) is 43.8 Å². The molecule has 0 unspecified atom stereocenters. The molecule has 4 rings (SSSR count). The molecule has 0 spiro atoms. The molecule has 0 aromatic heterocycles. The molecule has 0 aliphatic carbocycles. The van der Waals surface area contributed by atoms with Crippen molar-refractivity contribution in [3.63, 3.8) is 0 Å². The second-order valence-corrected chi connectivity index (χ2v) is 6.08. The zero-order chi connectivity index (χ0) is 17.7. The molecule has 0 saturated carbocycles. The standard InChI is InChI=1S/2C11H11.2CH3.2ClH.Si.Ti/c2*1-8-7-10-5-3-4-6-11(10)9(8)2;;;;;;/h2*3-7H,1-2H3;2*1H3;2*1H;;/q4*-1;;;;+2/p-2. The fraction of sp³-hybridized carbons (Fsp3) is 0.167. The Morgan fingerprint density at radius 1 is 0.607 bits per heavy atom. The molecule has 0 aliphatic heterocycles. The van der Waals surface area contributed by atoms with E-state index in [9.17, 15) is 0 Å². The minimum absolute atomic E-state index is 0. The first-order chi connectivity index (χ1) is 11.6. The zero-order valence-corrected chi connectivity index (χ0v) is 21.6. The van der Waals surface area contributed by atoms with Crippen LogP contribution in [0.1, 0.15) is 22.3 Å². The van der Waals surface area contributed by atoms with Gasteiger partial charge < -0.3 is 39.7 Å². The molecular formula is C24H28Cl2SiTi-4. The van der Waals surface area contributed by atoms with Gasteiger partial charge in [0.05, 0.1) is 0 Å². The van der Waals surface area contributed by atoms with Crippen molar-refractivity contribution in [3.05, 3.63) is 97.8 Å². The summed E-state index contributed by atoms with van der Waals surface area (Å²) < 4.78 is 0. The van der Waals surface area contributed by atoms with Gasteiger partial charge in [0.2, 0.25) is 0 Å². The molecule has 0 amide bonds. The number of hydrogen-bond donors (Lipinski definition) is 0. The van der Waals surface area contributed by atoms with E-state index in [0.29, 0.717) is 0 Å². The molecule has 2 radical (unpaired) electrons. The molecule has 4 heteroatoms. The Hall–Kier alpha value is -0.829. The number of benzene rings is 2. The number of hydrogen-bond acceptors (Lipinski definition) is 0. The van der Waals surface area contributed by atoms with Gasteiger partial charge in [0.1, 0.15) is 0 Å². The summed E-state index contributed by atoms with van der Waals surface area (Å²) in [6.07, 6.45) is 0. The molecule has 0 N–H and O–H groups in total. The summed E-state index contributed by atoms with van der Waals surface area (Å²) in [5.74, 6) is 0. The van der Waals surface area contributed by atoms with Crippen LogP contribution in [-0.2, 0) is 19.2 Å². The van der Waals surface area contributed by atoms with Gasteiger partial charge in [0, 0.05) is 0 Å². The predicted molar refractivity (Wildman–Crippen MR) is 117 cm³/mol. The summed E-state index contributed by atoms with van der Waals surface area (Å²) in [4.78, 5) is 0. The molecule has 0 aliphatic rings. The Morgan fingerprint density at radius 3 is 1.18 bits per heavy atom. The van der Waals surface area contributed by atoms with E-state index in [1.807, 2.05) is 0 Å². The third kappa shape index (κ3) is 7.21. The molecule has 0 atom stereocenters. The van der Waals surface area contributed by atoms with Crippen LogP contribution in [0.2, 0.25) is 0 Å². The third-order valence-electron chi connectivity index (χ3n) is 4.66. The van der Waals surface area contributed by atoms with Crippen molar-refractivity contribution >= 4 is 29.2 Å². The van der Waals surface area contributed by atoms with Crippen molar-refractivity contribution in [3.8, 4) is 0 Å². The average Bonchev–Trinajstić information content (AvgIpc) is 3.07. The van der Waals surface area contributed by atoms with Gasteiger partial charge in [-0.05, 0) is 0 Å². The summed E-state index contributed by atoms with van der Waals surface area (Å²) in [6.45, 7) is 8.68. The van der Waals surface area contributed by atoms with Crippen molar-refractivity contribution in [2.75, 3.05) is 0 Å². The molecule has 0 saturated heterocycles. The molecular weight excluding hydrogens is 435 g/mol. The van der Waals surface area contributed by atoms with Crippen LogP contribution in [0.3, 0.4) is 0 Å².